The third-order valence-electron chi connectivity index (χ3n) is 5.21. The summed E-state index contributed by atoms with van der Waals surface area (Å²) in [5.74, 6) is -0.363. The van der Waals surface area contributed by atoms with Crippen LogP contribution in [0.1, 0.15) is 11.6 Å². The molecule has 0 saturated carbocycles. The predicted molar refractivity (Wildman–Crippen MR) is 117 cm³/mol. The molecule has 2 N–H and O–H groups in total. The summed E-state index contributed by atoms with van der Waals surface area (Å²) in [7, 11) is 5.16. The van der Waals surface area contributed by atoms with Crippen molar-refractivity contribution in [2.75, 3.05) is 59.3 Å². The smallest absolute Gasteiger partial charge is 0.313 e. The molecule has 1 saturated heterocycles. The van der Waals surface area contributed by atoms with Crippen molar-refractivity contribution in [3.8, 4) is 11.5 Å². The van der Waals surface area contributed by atoms with Crippen molar-refractivity contribution in [1.29, 1.82) is 0 Å². The SMILES string of the molecule is COc1ccc(NC(=O)C(=O)NCC(c2ccsc2)N2CCN(C)CC2)cc1OC. The second kappa shape index (κ2) is 10.4. The summed E-state index contributed by atoms with van der Waals surface area (Å²) in [6.07, 6.45) is 0. The Balaban J connectivity index is 1.60. The molecule has 1 fully saturated rings. The molecule has 30 heavy (non-hydrogen) atoms. The first-order valence-corrected chi connectivity index (χ1v) is 10.7. The van der Waals surface area contributed by atoms with E-state index in [2.05, 4.69) is 38.9 Å². The molecule has 9 heteroatoms. The van der Waals surface area contributed by atoms with Crippen molar-refractivity contribution in [3.63, 3.8) is 0 Å². The minimum atomic E-state index is -0.718. The van der Waals surface area contributed by atoms with Gasteiger partial charge in [-0.15, -0.1) is 0 Å². The molecule has 1 aromatic heterocycles. The fraction of sp³-hybridized carbons (Fsp3) is 0.429. The molecule has 3 rings (SSSR count). The number of carbonyl (C=O) groups excluding carboxylic acids is 2. The largest absolute Gasteiger partial charge is 0.493 e. The first-order valence-electron chi connectivity index (χ1n) is 9.77. The first kappa shape index (κ1) is 22.1. The maximum atomic E-state index is 12.4. The maximum absolute atomic E-state index is 12.4. The molecule has 2 aromatic rings. The molecular formula is C21H28N4O4S. The Kier molecular flexibility index (Phi) is 7.67. The van der Waals surface area contributed by atoms with Crippen molar-refractivity contribution in [1.82, 2.24) is 15.1 Å². The predicted octanol–water partition coefficient (Wildman–Crippen LogP) is 1.81. The van der Waals surface area contributed by atoms with E-state index in [1.165, 1.54) is 14.2 Å². The number of likely N-dealkylation sites (N-methyl/N-ethyl adjacent to an activating group) is 1. The zero-order chi connectivity index (χ0) is 21.5. The number of hydrogen-bond acceptors (Lipinski definition) is 7. The molecule has 162 valence electrons. The second-order valence-electron chi connectivity index (χ2n) is 7.15. The summed E-state index contributed by atoms with van der Waals surface area (Å²) in [4.78, 5) is 29.4. The van der Waals surface area contributed by atoms with Crippen LogP contribution in [-0.2, 0) is 9.59 Å². The fourth-order valence-electron chi connectivity index (χ4n) is 3.43. The van der Waals surface area contributed by atoms with Crippen LogP contribution >= 0.6 is 11.3 Å². The number of nitrogens with zero attached hydrogens (tertiary/aromatic N) is 2. The van der Waals surface area contributed by atoms with E-state index in [0.29, 0.717) is 23.7 Å². The van der Waals surface area contributed by atoms with Crippen molar-refractivity contribution >= 4 is 28.8 Å². The highest BCUT2D eigenvalue weighted by Crippen LogP contribution is 2.29. The van der Waals surface area contributed by atoms with Crippen LogP contribution in [0.2, 0.25) is 0 Å². The highest BCUT2D eigenvalue weighted by Gasteiger charge is 2.25. The molecular weight excluding hydrogens is 404 g/mol. The molecule has 0 aliphatic carbocycles. The van der Waals surface area contributed by atoms with Crippen LogP contribution in [0.5, 0.6) is 11.5 Å². The van der Waals surface area contributed by atoms with Gasteiger partial charge in [0.1, 0.15) is 0 Å². The molecule has 0 radical (unpaired) electrons. The van der Waals surface area contributed by atoms with E-state index in [9.17, 15) is 9.59 Å². The van der Waals surface area contributed by atoms with Gasteiger partial charge in [-0.05, 0) is 41.6 Å². The topological polar surface area (TPSA) is 83.1 Å². The van der Waals surface area contributed by atoms with Crippen LogP contribution in [0.15, 0.2) is 35.0 Å². The summed E-state index contributed by atoms with van der Waals surface area (Å²) < 4.78 is 10.4. The standard InChI is InChI=1S/C21H28N4O4S/c1-24-7-9-25(10-8-24)17(15-6-11-30-14-15)13-22-20(26)21(27)23-16-4-5-18(28-2)19(12-16)29-3/h4-6,11-12,14,17H,7-10,13H2,1-3H3,(H,22,26)(H,23,27). The monoisotopic (exact) mass is 432 g/mol. The molecule has 2 amide bonds. The lowest BCUT2D eigenvalue weighted by Crippen LogP contribution is -2.49. The lowest BCUT2D eigenvalue weighted by Gasteiger charge is -2.37. The number of hydrogen-bond donors (Lipinski definition) is 2. The van der Waals surface area contributed by atoms with Crippen LogP contribution in [-0.4, -0.2) is 75.6 Å². The van der Waals surface area contributed by atoms with Crippen molar-refractivity contribution in [2.24, 2.45) is 0 Å². The number of nitrogens with one attached hydrogen (secondary N) is 2. The first-order chi connectivity index (χ1) is 14.5. The number of piperazine rings is 1. The van der Waals surface area contributed by atoms with E-state index in [1.807, 2.05) is 5.38 Å². The number of amides is 2. The molecule has 1 aliphatic rings. The van der Waals surface area contributed by atoms with Crippen LogP contribution in [0, 0.1) is 0 Å². The van der Waals surface area contributed by atoms with Gasteiger partial charge in [0.25, 0.3) is 0 Å². The van der Waals surface area contributed by atoms with Crippen molar-refractivity contribution < 1.29 is 19.1 Å². The van der Waals surface area contributed by atoms with Gasteiger partial charge in [0.05, 0.1) is 20.3 Å². The molecule has 2 heterocycles. The summed E-state index contributed by atoms with van der Waals surface area (Å²) in [6.45, 7) is 4.18. The summed E-state index contributed by atoms with van der Waals surface area (Å²) in [5, 5.41) is 9.53. The average Bonchev–Trinajstić information content (AvgIpc) is 3.29. The van der Waals surface area contributed by atoms with E-state index in [4.69, 9.17) is 9.47 Å². The number of anilines is 1. The third kappa shape index (κ3) is 5.50. The van der Waals surface area contributed by atoms with Crippen LogP contribution in [0.4, 0.5) is 5.69 Å². The van der Waals surface area contributed by atoms with E-state index in [1.54, 1.807) is 29.5 Å². The number of ether oxygens (including phenoxy) is 2. The normalized spacial score (nSPS) is 16.0. The quantitative estimate of drug-likeness (QED) is 0.650. The van der Waals surface area contributed by atoms with E-state index in [0.717, 1.165) is 31.7 Å². The molecule has 1 atom stereocenters. The zero-order valence-electron chi connectivity index (χ0n) is 17.5. The number of benzene rings is 1. The molecule has 1 unspecified atom stereocenters. The Morgan fingerprint density at radius 3 is 2.43 bits per heavy atom. The summed E-state index contributed by atoms with van der Waals surface area (Å²) in [5.41, 5.74) is 1.62. The summed E-state index contributed by atoms with van der Waals surface area (Å²) >= 11 is 1.63. The van der Waals surface area contributed by atoms with Crippen molar-refractivity contribution in [3.05, 3.63) is 40.6 Å². The van der Waals surface area contributed by atoms with Crippen LogP contribution < -0.4 is 20.1 Å². The highest BCUT2D eigenvalue weighted by molar-refractivity contribution is 7.08. The van der Waals surface area contributed by atoms with E-state index in [-0.39, 0.29) is 6.04 Å². The van der Waals surface area contributed by atoms with Gasteiger partial charge in [-0.25, -0.2) is 0 Å². The number of thiophene rings is 1. The van der Waals surface area contributed by atoms with Gasteiger partial charge in [-0.1, -0.05) is 0 Å². The highest BCUT2D eigenvalue weighted by atomic mass is 32.1. The van der Waals surface area contributed by atoms with Crippen molar-refractivity contribution in [2.45, 2.75) is 6.04 Å². The molecule has 1 aromatic carbocycles. The Bertz CT molecular complexity index is 851. The number of methoxy groups -OCH3 is 2. The lowest BCUT2D eigenvalue weighted by atomic mass is 10.1. The van der Waals surface area contributed by atoms with E-state index >= 15 is 0 Å². The molecule has 0 spiro atoms. The second-order valence-corrected chi connectivity index (χ2v) is 7.93. The Morgan fingerprint density at radius 2 is 1.80 bits per heavy atom. The molecule has 0 bridgehead atoms. The van der Waals surface area contributed by atoms with Gasteiger partial charge in [0.15, 0.2) is 11.5 Å². The molecule has 8 nitrogen and oxygen atoms in total. The lowest BCUT2D eigenvalue weighted by molar-refractivity contribution is -0.136. The van der Waals surface area contributed by atoms with Gasteiger partial charge < -0.3 is 25.0 Å². The Labute approximate surface area is 180 Å². The third-order valence-corrected chi connectivity index (χ3v) is 5.91. The zero-order valence-corrected chi connectivity index (χ0v) is 18.3. The van der Waals surface area contributed by atoms with Crippen LogP contribution in [0.3, 0.4) is 0 Å². The number of carbonyl (C=O) groups is 2. The maximum Gasteiger partial charge on any atom is 0.313 e. The van der Waals surface area contributed by atoms with Gasteiger partial charge in [-0.2, -0.15) is 11.3 Å². The average molecular weight is 433 g/mol. The fourth-order valence-corrected chi connectivity index (χ4v) is 4.13. The van der Waals surface area contributed by atoms with E-state index < -0.39 is 11.8 Å². The minimum absolute atomic E-state index is 0.0442. The molecule has 1 aliphatic heterocycles. The van der Waals surface area contributed by atoms with Gasteiger partial charge in [-0.3, -0.25) is 14.5 Å². The Hall–Kier alpha value is -2.62. The minimum Gasteiger partial charge on any atom is -0.493 e. The Morgan fingerprint density at radius 1 is 1.07 bits per heavy atom. The van der Waals surface area contributed by atoms with Gasteiger partial charge >= 0.3 is 11.8 Å². The van der Waals surface area contributed by atoms with Crippen LogP contribution in [0.25, 0.3) is 0 Å². The summed E-state index contributed by atoms with van der Waals surface area (Å²) in [6, 6.07) is 7.06. The number of rotatable bonds is 7. The van der Waals surface area contributed by atoms with Gasteiger partial charge in [0, 0.05) is 44.5 Å². The van der Waals surface area contributed by atoms with Gasteiger partial charge in [0.2, 0.25) is 0 Å².